The lowest BCUT2D eigenvalue weighted by Crippen LogP contribution is -2.20. The molecular weight excluding hydrogens is 200 g/mol. The van der Waals surface area contributed by atoms with Crippen LogP contribution in [0.2, 0.25) is 0 Å². The second-order valence-corrected chi connectivity index (χ2v) is 6.77. The molecule has 0 saturated heterocycles. The molecule has 0 nitrogen and oxygen atoms in total. The van der Waals surface area contributed by atoms with E-state index in [-0.39, 0.29) is 0 Å². The van der Waals surface area contributed by atoms with Gasteiger partial charge in [-0.3, -0.25) is 0 Å². The zero-order valence-corrected chi connectivity index (χ0v) is 11.0. The first-order chi connectivity index (χ1) is 7.24. The second kappa shape index (κ2) is 5.61. The van der Waals surface area contributed by atoms with Crippen molar-refractivity contribution in [3.8, 4) is 0 Å². The molecule has 0 radical (unpaired) electrons. The van der Waals surface area contributed by atoms with Gasteiger partial charge in [0.15, 0.2) is 0 Å². The molecule has 0 bridgehead atoms. The van der Waals surface area contributed by atoms with Crippen LogP contribution < -0.4 is 0 Å². The predicted octanol–water partition coefficient (Wildman–Crippen LogP) is 4.69. The van der Waals surface area contributed by atoms with Gasteiger partial charge in [0.2, 0.25) is 0 Å². The molecule has 0 amide bonds. The van der Waals surface area contributed by atoms with Crippen molar-refractivity contribution in [2.24, 2.45) is 17.8 Å². The third-order valence-corrected chi connectivity index (χ3v) is 5.13. The Hall–Kier alpha value is 0.350. The van der Waals surface area contributed by atoms with Crippen LogP contribution in [0.3, 0.4) is 0 Å². The van der Waals surface area contributed by atoms with Gasteiger partial charge in [0, 0.05) is 5.25 Å². The fraction of sp³-hybridized carbons (Fsp3) is 1.00. The van der Waals surface area contributed by atoms with Crippen LogP contribution >= 0.6 is 12.6 Å². The number of hydrogen-bond donors (Lipinski definition) is 1. The average Bonchev–Trinajstić information content (AvgIpc) is 2.25. The van der Waals surface area contributed by atoms with Gasteiger partial charge in [0.1, 0.15) is 0 Å². The van der Waals surface area contributed by atoms with Gasteiger partial charge in [-0.2, -0.15) is 12.6 Å². The van der Waals surface area contributed by atoms with Crippen LogP contribution in [0, 0.1) is 17.8 Å². The van der Waals surface area contributed by atoms with E-state index >= 15 is 0 Å². The molecular formula is C14H26S. The van der Waals surface area contributed by atoms with Crippen molar-refractivity contribution < 1.29 is 0 Å². The van der Waals surface area contributed by atoms with Crippen LogP contribution in [0.1, 0.15) is 64.7 Å². The van der Waals surface area contributed by atoms with Crippen molar-refractivity contribution in [1.82, 2.24) is 0 Å². The Bertz CT molecular complexity index is 154. The topological polar surface area (TPSA) is 0 Å². The Morgan fingerprint density at radius 1 is 0.800 bits per heavy atom. The van der Waals surface area contributed by atoms with Crippen LogP contribution in [0.5, 0.6) is 0 Å². The molecule has 0 spiro atoms. The molecule has 0 aromatic carbocycles. The summed E-state index contributed by atoms with van der Waals surface area (Å²) in [7, 11) is 0. The second-order valence-electron chi connectivity index (χ2n) is 6.04. The van der Waals surface area contributed by atoms with Crippen molar-refractivity contribution in [3.63, 3.8) is 0 Å². The van der Waals surface area contributed by atoms with Gasteiger partial charge in [-0.25, -0.2) is 0 Å². The lowest BCUT2D eigenvalue weighted by molar-refractivity contribution is 0.220. The Morgan fingerprint density at radius 2 is 1.27 bits per heavy atom. The maximum absolute atomic E-state index is 4.58. The summed E-state index contributed by atoms with van der Waals surface area (Å²) in [5.74, 6) is 3.13. The van der Waals surface area contributed by atoms with Gasteiger partial charge in [-0.15, -0.1) is 0 Å². The van der Waals surface area contributed by atoms with Gasteiger partial charge < -0.3 is 0 Å². The third kappa shape index (κ3) is 3.69. The summed E-state index contributed by atoms with van der Waals surface area (Å²) in [6, 6.07) is 0. The molecule has 0 N–H and O–H groups in total. The van der Waals surface area contributed by atoms with Crippen LogP contribution in [-0.2, 0) is 0 Å². The van der Waals surface area contributed by atoms with Crippen LogP contribution in [-0.4, -0.2) is 5.25 Å². The monoisotopic (exact) mass is 226 g/mol. The summed E-state index contributed by atoms with van der Waals surface area (Å²) < 4.78 is 0. The summed E-state index contributed by atoms with van der Waals surface area (Å²) >= 11 is 4.58. The first-order valence-electron chi connectivity index (χ1n) is 6.92. The van der Waals surface area contributed by atoms with Crippen molar-refractivity contribution in [2.75, 3.05) is 0 Å². The molecule has 2 saturated carbocycles. The Balaban J connectivity index is 1.68. The highest BCUT2D eigenvalue weighted by Crippen LogP contribution is 2.37. The van der Waals surface area contributed by atoms with Crippen molar-refractivity contribution in [3.05, 3.63) is 0 Å². The van der Waals surface area contributed by atoms with E-state index in [1.807, 2.05) is 0 Å². The Kier molecular flexibility index (Phi) is 4.42. The molecule has 0 aromatic heterocycles. The first kappa shape index (κ1) is 11.8. The van der Waals surface area contributed by atoms with Gasteiger partial charge in [-0.05, 0) is 49.9 Å². The van der Waals surface area contributed by atoms with E-state index in [9.17, 15) is 0 Å². The number of hydrogen-bond acceptors (Lipinski definition) is 1. The van der Waals surface area contributed by atoms with E-state index in [2.05, 4.69) is 19.6 Å². The fourth-order valence-corrected chi connectivity index (χ4v) is 3.71. The summed E-state index contributed by atoms with van der Waals surface area (Å²) in [6.45, 7) is 2.42. The van der Waals surface area contributed by atoms with Crippen molar-refractivity contribution >= 4 is 12.6 Å². The molecule has 1 heteroatoms. The molecule has 0 aliphatic heterocycles. The Morgan fingerprint density at radius 3 is 1.80 bits per heavy atom. The Labute approximate surface area is 101 Å². The lowest BCUT2D eigenvalue weighted by atomic mass is 9.75. The van der Waals surface area contributed by atoms with Gasteiger partial charge in [-0.1, -0.05) is 32.6 Å². The van der Waals surface area contributed by atoms with Crippen molar-refractivity contribution in [1.29, 1.82) is 0 Å². The van der Waals surface area contributed by atoms with E-state index in [0.29, 0.717) is 5.25 Å². The SMILES string of the molecule is CC1CCC(CC2CCC(S)CC2)CC1. The molecule has 2 aliphatic rings. The lowest BCUT2D eigenvalue weighted by Gasteiger charge is -2.32. The zero-order chi connectivity index (χ0) is 10.7. The number of thiol groups is 1. The van der Waals surface area contributed by atoms with Crippen molar-refractivity contribution in [2.45, 2.75) is 70.0 Å². The molecule has 15 heavy (non-hydrogen) atoms. The fourth-order valence-electron chi connectivity index (χ4n) is 3.42. The molecule has 2 fully saturated rings. The van der Waals surface area contributed by atoms with Gasteiger partial charge in [0.25, 0.3) is 0 Å². The van der Waals surface area contributed by atoms with Gasteiger partial charge >= 0.3 is 0 Å². The highest BCUT2D eigenvalue weighted by molar-refractivity contribution is 7.80. The summed E-state index contributed by atoms with van der Waals surface area (Å²) in [6.07, 6.45) is 13.2. The molecule has 2 aliphatic carbocycles. The molecule has 88 valence electrons. The molecule has 0 aromatic rings. The third-order valence-electron chi connectivity index (χ3n) is 4.62. The van der Waals surface area contributed by atoms with E-state index in [4.69, 9.17) is 0 Å². The minimum Gasteiger partial charge on any atom is -0.176 e. The number of rotatable bonds is 2. The molecule has 0 atom stereocenters. The van der Waals surface area contributed by atoms with E-state index in [1.165, 1.54) is 57.8 Å². The summed E-state index contributed by atoms with van der Waals surface area (Å²) in [5.41, 5.74) is 0. The molecule has 0 unspecified atom stereocenters. The van der Waals surface area contributed by atoms with E-state index in [0.717, 1.165) is 17.8 Å². The zero-order valence-electron chi connectivity index (χ0n) is 10.1. The van der Waals surface area contributed by atoms with E-state index < -0.39 is 0 Å². The average molecular weight is 226 g/mol. The minimum atomic E-state index is 0.715. The largest absolute Gasteiger partial charge is 0.176 e. The highest BCUT2D eigenvalue weighted by Gasteiger charge is 2.24. The minimum absolute atomic E-state index is 0.715. The normalized spacial score (nSPS) is 42.8. The smallest absolute Gasteiger partial charge is 0.00170 e. The van der Waals surface area contributed by atoms with E-state index in [1.54, 1.807) is 0 Å². The molecule has 2 rings (SSSR count). The summed E-state index contributed by atoms with van der Waals surface area (Å²) in [4.78, 5) is 0. The first-order valence-corrected chi connectivity index (χ1v) is 7.43. The van der Waals surface area contributed by atoms with Crippen LogP contribution in [0.25, 0.3) is 0 Å². The molecule has 0 heterocycles. The van der Waals surface area contributed by atoms with Crippen LogP contribution in [0.4, 0.5) is 0 Å². The summed E-state index contributed by atoms with van der Waals surface area (Å²) in [5, 5.41) is 0.715. The van der Waals surface area contributed by atoms with Crippen LogP contribution in [0.15, 0.2) is 0 Å². The highest BCUT2D eigenvalue weighted by atomic mass is 32.1. The maximum Gasteiger partial charge on any atom is 0.00170 e. The van der Waals surface area contributed by atoms with Gasteiger partial charge in [0.05, 0.1) is 0 Å². The maximum atomic E-state index is 4.58. The quantitative estimate of drug-likeness (QED) is 0.649. The predicted molar refractivity (Wildman–Crippen MR) is 70.5 cm³/mol. The standard InChI is InChI=1S/C14H26S/c1-11-2-4-12(5-3-11)10-13-6-8-14(15)9-7-13/h11-15H,2-10H2,1H3.